The Balaban J connectivity index is 2.16. The van der Waals surface area contributed by atoms with Gasteiger partial charge in [0.05, 0.1) is 0 Å². The largest absolute Gasteiger partial charge is 0.435 e. The fourth-order valence-corrected chi connectivity index (χ4v) is 2.03. The zero-order chi connectivity index (χ0) is 14.0. The Labute approximate surface area is 115 Å². The quantitative estimate of drug-likeness (QED) is 0.806. The van der Waals surface area contributed by atoms with Gasteiger partial charge in [0.1, 0.15) is 6.54 Å². The molecule has 0 bridgehead atoms. The van der Waals surface area contributed by atoms with Crippen molar-refractivity contribution < 1.29 is 18.0 Å². The molecule has 7 heteroatoms. The van der Waals surface area contributed by atoms with E-state index in [1.165, 1.54) is 0 Å². The highest BCUT2D eigenvalue weighted by Gasteiger charge is 2.33. The molecule has 0 N–H and O–H groups in total. The highest BCUT2D eigenvalue weighted by molar-refractivity contribution is 9.10. The Morgan fingerprint density at radius 3 is 2.53 bits per heavy atom. The zero-order valence-electron chi connectivity index (χ0n) is 9.49. The standard InChI is InChI=1S/C12H8BrF3N2O/c13-9-4-2-1-3-8(9)10(19)7-18-6-5-11(17-18)12(14,15)16/h1-6H,7H2. The van der Waals surface area contributed by atoms with E-state index in [0.717, 1.165) is 16.9 Å². The first-order chi connectivity index (χ1) is 8.88. The van der Waals surface area contributed by atoms with Gasteiger partial charge in [-0.15, -0.1) is 0 Å². The van der Waals surface area contributed by atoms with Crippen molar-refractivity contribution in [3.63, 3.8) is 0 Å². The minimum atomic E-state index is -4.50. The van der Waals surface area contributed by atoms with Gasteiger partial charge < -0.3 is 0 Å². The van der Waals surface area contributed by atoms with Crippen molar-refractivity contribution in [1.82, 2.24) is 9.78 Å². The second-order valence-electron chi connectivity index (χ2n) is 3.80. The molecule has 0 amide bonds. The summed E-state index contributed by atoms with van der Waals surface area (Å²) in [7, 11) is 0. The predicted molar refractivity (Wildman–Crippen MR) is 65.7 cm³/mol. The Bertz CT molecular complexity index is 607. The molecule has 0 saturated carbocycles. The maximum absolute atomic E-state index is 12.4. The molecule has 0 saturated heterocycles. The number of rotatable bonds is 3. The lowest BCUT2D eigenvalue weighted by Crippen LogP contribution is -2.13. The smallest absolute Gasteiger partial charge is 0.292 e. The third-order valence-corrected chi connectivity index (χ3v) is 3.10. The maximum atomic E-state index is 12.4. The number of aromatic nitrogens is 2. The summed E-state index contributed by atoms with van der Waals surface area (Å²) in [6.45, 7) is -0.237. The number of benzene rings is 1. The molecule has 0 radical (unpaired) electrons. The van der Waals surface area contributed by atoms with Crippen LogP contribution in [0.2, 0.25) is 0 Å². The van der Waals surface area contributed by atoms with Gasteiger partial charge in [0.2, 0.25) is 0 Å². The fourth-order valence-electron chi connectivity index (χ4n) is 1.52. The summed E-state index contributed by atoms with van der Waals surface area (Å²) >= 11 is 3.22. The van der Waals surface area contributed by atoms with Crippen molar-refractivity contribution >= 4 is 21.7 Å². The van der Waals surface area contributed by atoms with Gasteiger partial charge in [-0.2, -0.15) is 18.3 Å². The van der Waals surface area contributed by atoms with E-state index < -0.39 is 11.9 Å². The summed E-state index contributed by atoms with van der Waals surface area (Å²) < 4.78 is 38.6. The van der Waals surface area contributed by atoms with Crippen molar-refractivity contribution in [1.29, 1.82) is 0 Å². The molecule has 3 nitrogen and oxygen atoms in total. The number of carbonyl (C=O) groups excluding carboxylic acids is 1. The van der Waals surface area contributed by atoms with Crippen LogP contribution in [0.15, 0.2) is 41.0 Å². The Kier molecular flexibility index (Phi) is 3.75. The molecule has 0 spiro atoms. The van der Waals surface area contributed by atoms with Crippen molar-refractivity contribution in [2.45, 2.75) is 12.7 Å². The lowest BCUT2D eigenvalue weighted by atomic mass is 10.1. The molecule has 19 heavy (non-hydrogen) atoms. The van der Waals surface area contributed by atoms with E-state index in [0.29, 0.717) is 10.0 Å². The lowest BCUT2D eigenvalue weighted by molar-refractivity contribution is -0.141. The predicted octanol–water partition coefficient (Wildman–Crippen LogP) is 3.55. The van der Waals surface area contributed by atoms with Crippen molar-refractivity contribution in [3.8, 4) is 0 Å². The summed E-state index contributed by atoms with van der Waals surface area (Å²) in [6, 6.07) is 7.56. The van der Waals surface area contributed by atoms with Gasteiger partial charge in [0, 0.05) is 16.2 Å². The van der Waals surface area contributed by atoms with E-state index in [2.05, 4.69) is 21.0 Å². The first kappa shape index (κ1) is 13.8. The van der Waals surface area contributed by atoms with Gasteiger partial charge in [0.15, 0.2) is 11.5 Å². The second kappa shape index (κ2) is 5.16. The lowest BCUT2D eigenvalue weighted by Gasteiger charge is -2.04. The Morgan fingerprint density at radius 2 is 1.95 bits per heavy atom. The molecule has 0 aliphatic rings. The number of alkyl halides is 3. The van der Waals surface area contributed by atoms with Crippen molar-refractivity contribution in [2.75, 3.05) is 0 Å². The highest BCUT2D eigenvalue weighted by Crippen LogP contribution is 2.27. The van der Waals surface area contributed by atoms with Gasteiger partial charge in [-0.3, -0.25) is 9.48 Å². The summed E-state index contributed by atoms with van der Waals surface area (Å²) in [6.07, 6.45) is -3.36. The van der Waals surface area contributed by atoms with E-state index in [-0.39, 0.29) is 12.3 Å². The summed E-state index contributed by atoms with van der Waals surface area (Å²) in [5.74, 6) is -0.315. The average molecular weight is 333 g/mol. The van der Waals surface area contributed by atoms with Crippen LogP contribution < -0.4 is 0 Å². The van der Waals surface area contributed by atoms with Crippen LogP contribution in [0.4, 0.5) is 13.2 Å². The fraction of sp³-hybridized carbons (Fsp3) is 0.167. The monoisotopic (exact) mass is 332 g/mol. The minimum Gasteiger partial charge on any atom is -0.292 e. The second-order valence-corrected chi connectivity index (χ2v) is 4.65. The molecule has 0 aliphatic heterocycles. The molecule has 0 fully saturated rings. The molecule has 0 atom stereocenters. The van der Waals surface area contributed by atoms with E-state index in [4.69, 9.17) is 0 Å². The van der Waals surface area contributed by atoms with E-state index in [1.807, 2.05) is 0 Å². The van der Waals surface area contributed by atoms with Crippen LogP contribution >= 0.6 is 15.9 Å². The van der Waals surface area contributed by atoms with Crippen molar-refractivity contribution in [3.05, 3.63) is 52.3 Å². The summed E-state index contributed by atoms with van der Waals surface area (Å²) in [4.78, 5) is 11.9. The zero-order valence-corrected chi connectivity index (χ0v) is 11.1. The van der Waals surface area contributed by atoms with Gasteiger partial charge in [-0.1, -0.05) is 34.1 Å². The molecule has 1 aromatic carbocycles. The third kappa shape index (κ3) is 3.23. The van der Waals surface area contributed by atoms with Gasteiger partial charge >= 0.3 is 6.18 Å². The SMILES string of the molecule is O=C(Cn1ccc(C(F)(F)F)n1)c1ccccc1Br. The van der Waals surface area contributed by atoms with Gasteiger partial charge in [-0.05, 0) is 12.1 Å². The highest BCUT2D eigenvalue weighted by atomic mass is 79.9. The number of Topliss-reactive ketones (excluding diaryl/α,β-unsaturated/α-hetero) is 1. The van der Waals surface area contributed by atoms with Crippen LogP contribution in [0.3, 0.4) is 0 Å². The van der Waals surface area contributed by atoms with Gasteiger partial charge in [-0.25, -0.2) is 0 Å². The number of hydrogen-bond acceptors (Lipinski definition) is 2. The van der Waals surface area contributed by atoms with Crippen LogP contribution in [0.25, 0.3) is 0 Å². The van der Waals surface area contributed by atoms with E-state index in [9.17, 15) is 18.0 Å². The van der Waals surface area contributed by atoms with Crippen LogP contribution in [-0.2, 0) is 12.7 Å². The Morgan fingerprint density at radius 1 is 1.26 bits per heavy atom. The summed E-state index contributed by atoms with van der Waals surface area (Å²) in [5.41, 5.74) is -0.598. The van der Waals surface area contributed by atoms with Crippen LogP contribution in [0, 0.1) is 0 Å². The first-order valence-electron chi connectivity index (χ1n) is 5.26. The minimum absolute atomic E-state index is 0.237. The van der Waals surface area contributed by atoms with Crippen LogP contribution in [0.5, 0.6) is 0 Å². The number of hydrogen-bond donors (Lipinski definition) is 0. The number of halogens is 4. The maximum Gasteiger partial charge on any atom is 0.435 e. The average Bonchev–Trinajstić information content (AvgIpc) is 2.77. The summed E-state index contributed by atoms with van der Waals surface area (Å²) in [5, 5.41) is 3.33. The molecule has 0 aliphatic carbocycles. The molecule has 1 heterocycles. The van der Waals surface area contributed by atoms with Gasteiger partial charge in [0.25, 0.3) is 0 Å². The normalized spacial score (nSPS) is 11.6. The molecule has 2 aromatic rings. The first-order valence-corrected chi connectivity index (χ1v) is 6.05. The molecular formula is C12H8BrF3N2O. The Hall–Kier alpha value is -1.63. The topological polar surface area (TPSA) is 34.9 Å². The van der Waals surface area contributed by atoms with Crippen molar-refractivity contribution in [2.24, 2.45) is 0 Å². The van der Waals surface area contributed by atoms with E-state index in [1.54, 1.807) is 24.3 Å². The molecular weight excluding hydrogens is 325 g/mol. The number of nitrogens with zero attached hydrogens (tertiary/aromatic N) is 2. The number of ketones is 1. The van der Waals surface area contributed by atoms with E-state index >= 15 is 0 Å². The molecule has 100 valence electrons. The molecule has 1 aromatic heterocycles. The van der Waals surface area contributed by atoms with Crippen LogP contribution in [-0.4, -0.2) is 15.6 Å². The van der Waals surface area contributed by atoms with Crippen LogP contribution in [0.1, 0.15) is 16.1 Å². The molecule has 2 rings (SSSR count). The molecule has 0 unspecified atom stereocenters. The number of carbonyl (C=O) groups is 1. The third-order valence-electron chi connectivity index (χ3n) is 2.41.